The van der Waals surface area contributed by atoms with Crippen molar-refractivity contribution in [3.63, 3.8) is 0 Å². The Hall–Kier alpha value is -1.84. The minimum absolute atomic E-state index is 0.318. The van der Waals surface area contributed by atoms with Crippen molar-refractivity contribution in [2.45, 2.75) is 26.0 Å². The molecule has 0 saturated heterocycles. The molecular formula is C19H25NO2. The van der Waals surface area contributed by atoms with Gasteiger partial charge in [-0.2, -0.15) is 0 Å². The number of benzene rings is 2. The maximum Gasteiger partial charge on any atom is 0.119 e. The highest BCUT2D eigenvalue weighted by atomic mass is 16.5. The van der Waals surface area contributed by atoms with Gasteiger partial charge < -0.3 is 9.84 Å². The third-order valence-electron chi connectivity index (χ3n) is 3.44. The summed E-state index contributed by atoms with van der Waals surface area (Å²) in [7, 11) is 0. The van der Waals surface area contributed by atoms with Crippen LogP contribution in [0.1, 0.15) is 18.9 Å². The molecule has 0 spiro atoms. The normalized spacial score (nSPS) is 12.3. The SMILES string of the molecule is CCCN(Cc1ccccc1)CC(O)COc1ccccc1. The van der Waals surface area contributed by atoms with Crippen molar-refractivity contribution in [3.05, 3.63) is 66.2 Å². The maximum atomic E-state index is 10.2. The van der Waals surface area contributed by atoms with E-state index in [1.165, 1.54) is 5.56 Å². The van der Waals surface area contributed by atoms with Gasteiger partial charge in [-0.15, -0.1) is 0 Å². The topological polar surface area (TPSA) is 32.7 Å². The number of aliphatic hydroxyl groups excluding tert-OH is 1. The molecule has 0 fully saturated rings. The third-order valence-corrected chi connectivity index (χ3v) is 3.44. The van der Waals surface area contributed by atoms with Crippen LogP contribution >= 0.6 is 0 Å². The number of hydrogen-bond acceptors (Lipinski definition) is 3. The molecule has 0 radical (unpaired) electrons. The van der Waals surface area contributed by atoms with Crippen LogP contribution < -0.4 is 4.74 Å². The average molecular weight is 299 g/mol. The molecular weight excluding hydrogens is 274 g/mol. The summed E-state index contributed by atoms with van der Waals surface area (Å²) in [6, 6.07) is 20.0. The highest BCUT2D eigenvalue weighted by Crippen LogP contribution is 2.10. The first-order chi connectivity index (χ1) is 10.8. The monoisotopic (exact) mass is 299 g/mol. The second kappa shape index (κ2) is 9.23. The molecule has 22 heavy (non-hydrogen) atoms. The van der Waals surface area contributed by atoms with E-state index in [1.54, 1.807) is 0 Å². The number of hydrogen-bond donors (Lipinski definition) is 1. The number of para-hydroxylation sites is 1. The van der Waals surface area contributed by atoms with Gasteiger partial charge in [-0.1, -0.05) is 55.5 Å². The molecule has 1 unspecified atom stereocenters. The van der Waals surface area contributed by atoms with E-state index in [2.05, 4.69) is 36.1 Å². The van der Waals surface area contributed by atoms with Gasteiger partial charge in [-0.3, -0.25) is 4.90 Å². The summed E-state index contributed by atoms with van der Waals surface area (Å²) in [5, 5.41) is 10.2. The Bertz CT molecular complexity index is 515. The number of aliphatic hydroxyl groups is 1. The molecule has 0 saturated carbocycles. The molecule has 3 heteroatoms. The van der Waals surface area contributed by atoms with Crippen LogP contribution in [0.15, 0.2) is 60.7 Å². The van der Waals surface area contributed by atoms with E-state index in [-0.39, 0.29) is 0 Å². The Balaban J connectivity index is 1.81. The van der Waals surface area contributed by atoms with Crippen molar-refractivity contribution >= 4 is 0 Å². The number of nitrogens with zero attached hydrogens (tertiary/aromatic N) is 1. The van der Waals surface area contributed by atoms with Gasteiger partial charge in [-0.05, 0) is 30.7 Å². The van der Waals surface area contributed by atoms with Crippen LogP contribution in [0.3, 0.4) is 0 Å². The zero-order chi connectivity index (χ0) is 15.6. The van der Waals surface area contributed by atoms with Crippen LogP contribution in [0, 0.1) is 0 Å². The van der Waals surface area contributed by atoms with Crippen LogP contribution in [0.4, 0.5) is 0 Å². The first-order valence-corrected chi connectivity index (χ1v) is 7.90. The van der Waals surface area contributed by atoms with Crippen LogP contribution in [-0.4, -0.2) is 35.8 Å². The molecule has 2 aromatic carbocycles. The predicted octanol–water partition coefficient (Wildman–Crippen LogP) is 3.34. The van der Waals surface area contributed by atoms with Crippen molar-refractivity contribution in [3.8, 4) is 5.75 Å². The van der Waals surface area contributed by atoms with Gasteiger partial charge in [0, 0.05) is 13.1 Å². The first-order valence-electron chi connectivity index (χ1n) is 7.90. The molecule has 118 valence electrons. The smallest absolute Gasteiger partial charge is 0.119 e. The lowest BCUT2D eigenvalue weighted by atomic mass is 10.2. The average Bonchev–Trinajstić information content (AvgIpc) is 2.55. The Kier molecular flexibility index (Phi) is 6.94. The fourth-order valence-electron chi connectivity index (χ4n) is 2.45. The summed E-state index contributed by atoms with van der Waals surface area (Å²) in [5.41, 5.74) is 1.27. The zero-order valence-electron chi connectivity index (χ0n) is 13.2. The standard InChI is InChI=1S/C19H25NO2/c1-2-13-20(14-17-9-5-3-6-10-17)15-18(21)16-22-19-11-7-4-8-12-19/h3-12,18,21H,2,13-16H2,1H3. The highest BCUT2D eigenvalue weighted by molar-refractivity contribution is 5.20. The predicted molar refractivity (Wildman–Crippen MR) is 90.0 cm³/mol. The van der Waals surface area contributed by atoms with E-state index < -0.39 is 6.10 Å². The van der Waals surface area contributed by atoms with Gasteiger partial charge in [0.2, 0.25) is 0 Å². The van der Waals surface area contributed by atoms with Gasteiger partial charge in [0.1, 0.15) is 18.5 Å². The third kappa shape index (κ3) is 5.88. The van der Waals surface area contributed by atoms with E-state index in [0.29, 0.717) is 13.2 Å². The molecule has 0 heterocycles. The van der Waals surface area contributed by atoms with E-state index in [9.17, 15) is 5.11 Å². The van der Waals surface area contributed by atoms with E-state index in [4.69, 9.17) is 4.74 Å². The Morgan fingerprint density at radius 1 is 1.00 bits per heavy atom. The molecule has 2 aromatic rings. The second-order valence-corrected chi connectivity index (χ2v) is 5.50. The molecule has 0 aliphatic heterocycles. The minimum Gasteiger partial charge on any atom is -0.491 e. The van der Waals surface area contributed by atoms with Gasteiger partial charge >= 0.3 is 0 Å². The molecule has 0 aliphatic carbocycles. The molecule has 0 amide bonds. The van der Waals surface area contributed by atoms with Crippen LogP contribution in [0.25, 0.3) is 0 Å². The van der Waals surface area contributed by atoms with E-state index in [1.807, 2.05) is 36.4 Å². The summed E-state index contributed by atoms with van der Waals surface area (Å²) in [6.07, 6.45) is 0.578. The van der Waals surface area contributed by atoms with E-state index >= 15 is 0 Å². The van der Waals surface area contributed by atoms with E-state index in [0.717, 1.165) is 25.3 Å². The quantitative estimate of drug-likeness (QED) is 0.771. The molecule has 3 nitrogen and oxygen atoms in total. The lowest BCUT2D eigenvalue weighted by molar-refractivity contribution is 0.0656. The van der Waals surface area contributed by atoms with Crippen molar-refractivity contribution in [1.82, 2.24) is 4.90 Å². The van der Waals surface area contributed by atoms with Crippen molar-refractivity contribution < 1.29 is 9.84 Å². The van der Waals surface area contributed by atoms with Gasteiger partial charge in [0.05, 0.1) is 0 Å². The molecule has 0 bridgehead atoms. The summed E-state index contributed by atoms with van der Waals surface area (Å²) < 4.78 is 5.62. The highest BCUT2D eigenvalue weighted by Gasteiger charge is 2.12. The zero-order valence-corrected chi connectivity index (χ0v) is 13.2. The fourth-order valence-corrected chi connectivity index (χ4v) is 2.45. The summed E-state index contributed by atoms with van der Waals surface area (Å²) in [6.45, 7) is 4.92. The summed E-state index contributed by atoms with van der Waals surface area (Å²) >= 11 is 0. The Labute approximate surface area is 133 Å². The lowest BCUT2D eigenvalue weighted by Gasteiger charge is -2.24. The number of ether oxygens (including phenoxy) is 1. The molecule has 0 aromatic heterocycles. The number of rotatable bonds is 9. The van der Waals surface area contributed by atoms with Gasteiger partial charge in [-0.25, -0.2) is 0 Å². The lowest BCUT2D eigenvalue weighted by Crippen LogP contribution is -2.35. The maximum absolute atomic E-state index is 10.2. The van der Waals surface area contributed by atoms with Gasteiger partial charge in [0.15, 0.2) is 0 Å². The first kappa shape index (κ1) is 16.5. The van der Waals surface area contributed by atoms with Crippen LogP contribution in [0.2, 0.25) is 0 Å². The Morgan fingerprint density at radius 3 is 2.27 bits per heavy atom. The van der Waals surface area contributed by atoms with Gasteiger partial charge in [0.25, 0.3) is 0 Å². The van der Waals surface area contributed by atoms with Crippen LogP contribution in [0.5, 0.6) is 5.75 Å². The molecule has 1 N–H and O–H groups in total. The fraction of sp³-hybridized carbons (Fsp3) is 0.368. The largest absolute Gasteiger partial charge is 0.491 e. The van der Waals surface area contributed by atoms with Crippen molar-refractivity contribution in [1.29, 1.82) is 0 Å². The Morgan fingerprint density at radius 2 is 1.64 bits per heavy atom. The molecule has 2 rings (SSSR count). The second-order valence-electron chi connectivity index (χ2n) is 5.50. The van der Waals surface area contributed by atoms with Crippen molar-refractivity contribution in [2.24, 2.45) is 0 Å². The summed E-state index contributed by atoms with van der Waals surface area (Å²) in [4.78, 5) is 2.27. The molecule has 0 aliphatic rings. The minimum atomic E-state index is -0.490. The van der Waals surface area contributed by atoms with Crippen molar-refractivity contribution in [2.75, 3.05) is 19.7 Å². The summed E-state index contributed by atoms with van der Waals surface area (Å²) in [5.74, 6) is 0.798. The van der Waals surface area contributed by atoms with Crippen LogP contribution in [-0.2, 0) is 6.54 Å². The molecule has 1 atom stereocenters.